The molecule has 0 radical (unpaired) electrons. The molecule has 1 N–H and O–H groups in total. The van der Waals surface area contributed by atoms with E-state index >= 15 is 0 Å². The highest BCUT2D eigenvalue weighted by Crippen LogP contribution is 2.19. The van der Waals surface area contributed by atoms with Gasteiger partial charge in [-0.15, -0.1) is 11.3 Å². The van der Waals surface area contributed by atoms with Gasteiger partial charge in [-0.05, 0) is 45.2 Å². The molecular formula is C19H21NO4S. The zero-order valence-electron chi connectivity index (χ0n) is 14.7. The second-order valence-electron chi connectivity index (χ2n) is 6.64. The van der Waals surface area contributed by atoms with Crippen molar-refractivity contribution in [3.63, 3.8) is 0 Å². The number of carbonyl (C=O) groups excluding carboxylic acids is 3. The van der Waals surface area contributed by atoms with Gasteiger partial charge in [-0.3, -0.25) is 9.59 Å². The molecule has 0 aliphatic carbocycles. The van der Waals surface area contributed by atoms with Crippen LogP contribution in [0.1, 0.15) is 53.3 Å². The largest absolute Gasteiger partial charge is 0.449 e. The van der Waals surface area contributed by atoms with E-state index in [4.69, 9.17) is 4.74 Å². The van der Waals surface area contributed by atoms with Gasteiger partial charge in [-0.25, -0.2) is 4.79 Å². The third-order valence-corrected chi connectivity index (χ3v) is 4.16. The summed E-state index contributed by atoms with van der Waals surface area (Å²) in [4.78, 5) is 37.7. The maximum absolute atomic E-state index is 12.6. The number of amides is 1. The standard InChI is InChI=1S/C19H21NO4S/c1-12(17(22)20-19(2,3)4)24-18(23)14-9-6-5-8-13(14)16(21)15-10-7-11-25-15/h5-12H,1-4H3,(H,20,22)/t12-/m1/s1. The SMILES string of the molecule is C[C@@H](OC(=O)c1ccccc1C(=O)c1cccs1)C(=O)NC(C)(C)C. The third-order valence-electron chi connectivity index (χ3n) is 3.29. The van der Waals surface area contributed by atoms with Crippen LogP contribution in [0, 0.1) is 0 Å². The van der Waals surface area contributed by atoms with Crippen molar-refractivity contribution in [2.45, 2.75) is 39.3 Å². The van der Waals surface area contributed by atoms with E-state index in [0.29, 0.717) is 4.88 Å². The van der Waals surface area contributed by atoms with Crippen LogP contribution in [-0.2, 0) is 9.53 Å². The Hall–Kier alpha value is -2.47. The molecule has 0 fully saturated rings. The van der Waals surface area contributed by atoms with E-state index in [1.165, 1.54) is 24.3 Å². The van der Waals surface area contributed by atoms with Crippen molar-refractivity contribution >= 4 is 29.0 Å². The van der Waals surface area contributed by atoms with Gasteiger partial charge >= 0.3 is 5.97 Å². The van der Waals surface area contributed by atoms with Crippen LogP contribution in [-0.4, -0.2) is 29.3 Å². The average Bonchev–Trinajstić information content (AvgIpc) is 3.06. The van der Waals surface area contributed by atoms with Gasteiger partial charge < -0.3 is 10.1 Å². The van der Waals surface area contributed by atoms with E-state index in [-0.39, 0.29) is 22.8 Å². The molecule has 0 aliphatic rings. The van der Waals surface area contributed by atoms with E-state index in [2.05, 4.69) is 5.32 Å². The highest BCUT2D eigenvalue weighted by Gasteiger charge is 2.25. The highest BCUT2D eigenvalue weighted by atomic mass is 32.1. The number of carbonyl (C=O) groups is 3. The summed E-state index contributed by atoms with van der Waals surface area (Å²) >= 11 is 1.31. The average molecular weight is 359 g/mol. The lowest BCUT2D eigenvalue weighted by Gasteiger charge is -2.23. The second-order valence-corrected chi connectivity index (χ2v) is 7.59. The van der Waals surface area contributed by atoms with Crippen LogP contribution in [0.3, 0.4) is 0 Å². The number of nitrogens with one attached hydrogen (secondary N) is 1. The van der Waals surface area contributed by atoms with Gasteiger partial charge in [0.05, 0.1) is 10.4 Å². The number of rotatable bonds is 5. The molecule has 132 valence electrons. The lowest BCUT2D eigenvalue weighted by Crippen LogP contribution is -2.46. The molecule has 1 amide bonds. The Balaban J connectivity index is 2.17. The minimum atomic E-state index is -0.961. The number of ketones is 1. The summed E-state index contributed by atoms with van der Waals surface area (Å²) < 4.78 is 5.25. The van der Waals surface area contributed by atoms with E-state index in [1.54, 1.807) is 35.7 Å². The first-order chi connectivity index (χ1) is 11.7. The quantitative estimate of drug-likeness (QED) is 0.656. The van der Waals surface area contributed by atoms with Crippen LogP contribution in [0.15, 0.2) is 41.8 Å². The van der Waals surface area contributed by atoms with Crippen LogP contribution in [0.4, 0.5) is 0 Å². The molecule has 6 heteroatoms. The molecule has 0 aliphatic heterocycles. The van der Waals surface area contributed by atoms with Gasteiger partial charge in [-0.1, -0.05) is 24.3 Å². The van der Waals surface area contributed by atoms with Crippen molar-refractivity contribution in [3.8, 4) is 0 Å². The van der Waals surface area contributed by atoms with Gasteiger partial charge in [0.25, 0.3) is 5.91 Å². The van der Waals surface area contributed by atoms with Crippen LogP contribution < -0.4 is 5.32 Å². The Morgan fingerprint density at radius 3 is 2.24 bits per heavy atom. The molecule has 5 nitrogen and oxygen atoms in total. The molecule has 0 unspecified atom stereocenters. The van der Waals surface area contributed by atoms with Gasteiger partial charge in [-0.2, -0.15) is 0 Å². The van der Waals surface area contributed by atoms with Crippen LogP contribution in [0.2, 0.25) is 0 Å². The van der Waals surface area contributed by atoms with Crippen molar-refractivity contribution in [2.75, 3.05) is 0 Å². The first-order valence-electron chi connectivity index (χ1n) is 7.89. The fourth-order valence-electron chi connectivity index (χ4n) is 2.15. The Labute approximate surface area is 151 Å². The first kappa shape index (κ1) is 18.9. The van der Waals surface area contributed by atoms with E-state index in [9.17, 15) is 14.4 Å². The van der Waals surface area contributed by atoms with Gasteiger partial charge in [0.15, 0.2) is 6.10 Å². The molecule has 2 aromatic rings. The fraction of sp³-hybridized carbons (Fsp3) is 0.316. The topological polar surface area (TPSA) is 72.5 Å². The second kappa shape index (κ2) is 7.61. The molecule has 0 saturated heterocycles. The number of ether oxygens (including phenoxy) is 1. The summed E-state index contributed by atoms with van der Waals surface area (Å²) in [7, 11) is 0. The Bertz CT molecular complexity index is 775. The molecule has 2 rings (SSSR count). The smallest absolute Gasteiger partial charge is 0.339 e. The minimum absolute atomic E-state index is 0.149. The molecule has 0 saturated carbocycles. The predicted molar refractivity (Wildman–Crippen MR) is 97.0 cm³/mol. The van der Waals surface area contributed by atoms with Crippen LogP contribution in [0.5, 0.6) is 0 Å². The predicted octanol–water partition coefficient (Wildman–Crippen LogP) is 3.44. The summed E-state index contributed by atoms with van der Waals surface area (Å²) in [5, 5.41) is 4.55. The summed E-state index contributed by atoms with van der Waals surface area (Å²) in [5.41, 5.74) is -0.0141. The summed E-state index contributed by atoms with van der Waals surface area (Å²) in [5.74, 6) is -1.32. The normalized spacial score (nSPS) is 12.3. The Morgan fingerprint density at radius 1 is 1.04 bits per heavy atom. The van der Waals surface area contributed by atoms with Crippen LogP contribution in [0.25, 0.3) is 0 Å². The van der Waals surface area contributed by atoms with Crippen molar-refractivity contribution in [2.24, 2.45) is 0 Å². The Kier molecular flexibility index (Phi) is 5.74. The molecule has 1 heterocycles. The molecule has 1 atom stereocenters. The van der Waals surface area contributed by atoms with Gasteiger partial charge in [0, 0.05) is 11.1 Å². The summed E-state index contributed by atoms with van der Waals surface area (Å²) in [6, 6.07) is 9.93. The van der Waals surface area contributed by atoms with Gasteiger partial charge in [0.1, 0.15) is 0 Å². The maximum Gasteiger partial charge on any atom is 0.339 e. The summed E-state index contributed by atoms with van der Waals surface area (Å²) in [6.45, 7) is 7.03. The fourth-order valence-corrected chi connectivity index (χ4v) is 2.83. The summed E-state index contributed by atoms with van der Waals surface area (Å²) in [6.07, 6.45) is -0.961. The number of thiophene rings is 1. The van der Waals surface area contributed by atoms with Crippen molar-refractivity contribution in [1.82, 2.24) is 5.32 Å². The third kappa shape index (κ3) is 5.00. The maximum atomic E-state index is 12.6. The van der Waals surface area contributed by atoms with Crippen LogP contribution >= 0.6 is 11.3 Å². The minimum Gasteiger partial charge on any atom is -0.449 e. The lowest BCUT2D eigenvalue weighted by atomic mass is 10.0. The Morgan fingerprint density at radius 2 is 1.68 bits per heavy atom. The van der Waals surface area contributed by atoms with E-state index in [0.717, 1.165) is 0 Å². The van der Waals surface area contributed by atoms with Gasteiger partial charge in [0.2, 0.25) is 5.78 Å². The lowest BCUT2D eigenvalue weighted by molar-refractivity contribution is -0.130. The molecular weight excluding hydrogens is 338 g/mol. The number of hydrogen-bond donors (Lipinski definition) is 1. The zero-order valence-corrected chi connectivity index (χ0v) is 15.5. The number of hydrogen-bond acceptors (Lipinski definition) is 5. The monoisotopic (exact) mass is 359 g/mol. The highest BCUT2D eigenvalue weighted by molar-refractivity contribution is 7.12. The first-order valence-corrected chi connectivity index (χ1v) is 8.77. The molecule has 25 heavy (non-hydrogen) atoms. The van der Waals surface area contributed by atoms with Crippen molar-refractivity contribution in [1.29, 1.82) is 0 Å². The molecule has 1 aromatic heterocycles. The molecule has 0 spiro atoms. The number of benzene rings is 1. The van der Waals surface area contributed by atoms with E-state index < -0.39 is 17.6 Å². The van der Waals surface area contributed by atoms with Crippen molar-refractivity contribution < 1.29 is 19.1 Å². The number of esters is 1. The zero-order chi connectivity index (χ0) is 18.6. The molecule has 1 aromatic carbocycles. The van der Waals surface area contributed by atoms with E-state index in [1.807, 2.05) is 20.8 Å². The van der Waals surface area contributed by atoms with Crippen molar-refractivity contribution in [3.05, 3.63) is 57.8 Å². The molecule has 0 bridgehead atoms.